The largest absolute Gasteiger partial charge is 0.464 e. The second-order valence-corrected chi connectivity index (χ2v) is 6.11. The fourth-order valence-electron chi connectivity index (χ4n) is 3.13. The summed E-state index contributed by atoms with van der Waals surface area (Å²) in [7, 11) is 0. The fourth-order valence-corrected chi connectivity index (χ4v) is 3.13. The maximum absolute atomic E-state index is 13.2. The average Bonchev–Trinajstić information content (AvgIpc) is 3.13. The predicted molar refractivity (Wildman–Crippen MR) is 103 cm³/mol. The first-order valence-electron chi connectivity index (χ1n) is 9.58. The number of ether oxygens (including phenoxy) is 3. The minimum Gasteiger partial charge on any atom is -0.464 e. The molecular formula is C21H25NO7. The first-order valence-corrected chi connectivity index (χ1v) is 9.58. The molecule has 0 aromatic heterocycles. The molecule has 8 heteroatoms. The van der Waals surface area contributed by atoms with Crippen molar-refractivity contribution in [1.29, 1.82) is 0 Å². The lowest BCUT2D eigenvalue weighted by Gasteiger charge is -2.25. The van der Waals surface area contributed by atoms with Crippen LogP contribution in [0.5, 0.6) is 0 Å². The van der Waals surface area contributed by atoms with Crippen molar-refractivity contribution in [3.05, 3.63) is 47.2 Å². The Morgan fingerprint density at radius 3 is 1.97 bits per heavy atom. The third-order valence-corrected chi connectivity index (χ3v) is 4.30. The van der Waals surface area contributed by atoms with Crippen LogP contribution in [0.3, 0.4) is 0 Å². The minimum atomic E-state index is -0.948. The molecule has 29 heavy (non-hydrogen) atoms. The van der Waals surface area contributed by atoms with E-state index in [4.69, 9.17) is 14.2 Å². The Kier molecular flexibility index (Phi) is 7.94. The number of likely N-dealkylation sites (tertiary alicyclic amines) is 1. The number of amides is 1. The van der Waals surface area contributed by atoms with E-state index in [1.165, 1.54) is 0 Å². The molecule has 0 aliphatic carbocycles. The van der Waals surface area contributed by atoms with Crippen molar-refractivity contribution in [2.24, 2.45) is 0 Å². The average molecular weight is 403 g/mol. The van der Waals surface area contributed by atoms with E-state index < -0.39 is 29.9 Å². The van der Waals surface area contributed by atoms with Crippen LogP contribution in [0.1, 0.15) is 44.0 Å². The lowest BCUT2D eigenvalue weighted by molar-refractivity contribution is -0.149. The molecular weight excluding hydrogens is 378 g/mol. The molecule has 1 aliphatic heterocycles. The molecule has 156 valence electrons. The van der Waals surface area contributed by atoms with Gasteiger partial charge in [-0.3, -0.25) is 9.69 Å². The van der Waals surface area contributed by atoms with Gasteiger partial charge in [0.05, 0.1) is 19.8 Å². The highest BCUT2D eigenvalue weighted by molar-refractivity contribution is 6.15. The Morgan fingerprint density at radius 1 is 0.897 bits per heavy atom. The number of carbonyl (C=O) groups is 4. The Hall–Kier alpha value is -3.16. The zero-order valence-corrected chi connectivity index (χ0v) is 16.8. The van der Waals surface area contributed by atoms with Gasteiger partial charge in [-0.1, -0.05) is 18.2 Å². The number of nitrogens with zero attached hydrogens (tertiary/aromatic N) is 1. The van der Waals surface area contributed by atoms with Crippen molar-refractivity contribution in [3.63, 3.8) is 0 Å². The molecule has 0 N–H and O–H groups in total. The van der Waals surface area contributed by atoms with E-state index in [1.807, 2.05) is 0 Å². The summed E-state index contributed by atoms with van der Waals surface area (Å²) < 4.78 is 15.1. The zero-order chi connectivity index (χ0) is 21.4. The maximum atomic E-state index is 13.2. The molecule has 0 spiro atoms. The predicted octanol–water partition coefficient (Wildman–Crippen LogP) is 2.23. The summed E-state index contributed by atoms with van der Waals surface area (Å²) in [4.78, 5) is 51.9. The van der Waals surface area contributed by atoms with Gasteiger partial charge in [-0.05, 0) is 45.7 Å². The van der Waals surface area contributed by atoms with Crippen LogP contribution in [0.4, 0.5) is 0 Å². The van der Waals surface area contributed by atoms with Gasteiger partial charge < -0.3 is 14.2 Å². The number of benzene rings is 1. The molecule has 0 unspecified atom stereocenters. The topological polar surface area (TPSA) is 99.2 Å². The highest BCUT2D eigenvalue weighted by Gasteiger charge is 2.43. The highest BCUT2D eigenvalue weighted by atomic mass is 16.6. The van der Waals surface area contributed by atoms with Crippen molar-refractivity contribution in [1.82, 2.24) is 4.90 Å². The number of hydrogen-bond acceptors (Lipinski definition) is 7. The van der Waals surface area contributed by atoms with Crippen LogP contribution < -0.4 is 0 Å². The maximum Gasteiger partial charge on any atom is 0.347 e. The molecule has 8 nitrogen and oxygen atoms in total. The summed E-state index contributed by atoms with van der Waals surface area (Å²) in [6.07, 6.45) is 0.365. The van der Waals surface area contributed by atoms with Gasteiger partial charge in [-0.25, -0.2) is 14.4 Å². The second-order valence-electron chi connectivity index (χ2n) is 6.11. The summed E-state index contributed by atoms with van der Waals surface area (Å²) in [5, 5.41) is 0. The van der Waals surface area contributed by atoms with Crippen molar-refractivity contribution in [3.8, 4) is 0 Å². The molecule has 1 aromatic rings. The summed E-state index contributed by atoms with van der Waals surface area (Å²) in [6, 6.07) is 7.36. The molecule has 1 aliphatic rings. The molecule has 0 saturated carbocycles. The van der Waals surface area contributed by atoms with Gasteiger partial charge in [0.2, 0.25) is 0 Å². The van der Waals surface area contributed by atoms with E-state index in [2.05, 4.69) is 0 Å². The van der Waals surface area contributed by atoms with E-state index in [0.29, 0.717) is 5.56 Å². The van der Waals surface area contributed by atoms with Crippen LogP contribution in [0.15, 0.2) is 41.6 Å². The molecule has 1 fully saturated rings. The van der Waals surface area contributed by atoms with Crippen molar-refractivity contribution in [2.45, 2.75) is 39.7 Å². The lowest BCUT2D eigenvalue weighted by atomic mass is 10.1. The number of carbonyl (C=O) groups excluding carboxylic acids is 4. The first kappa shape index (κ1) is 22.1. The number of esters is 3. The third-order valence-electron chi connectivity index (χ3n) is 4.30. The van der Waals surface area contributed by atoms with Crippen molar-refractivity contribution in [2.75, 3.05) is 19.8 Å². The van der Waals surface area contributed by atoms with Crippen LogP contribution in [0.25, 0.3) is 0 Å². The van der Waals surface area contributed by atoms with Gasteiger partial charge in [-0.2, -0.15) is 0 Å². The molecule has 1 heterocycles. The van der Waals surface area contributed by atoms with Crippen LogP contribution in [0, 0.1) is 0 Å². The SMILES string of the molecule is CCOC(=O)C(C(=O)OCC)=C1CC[C@@H](C(=O)OCC)N1C(=O)c1ccccc1. The van der Waals surface area contributed by atoms with Gasteiger partial charge in [0.15, 0.2) is 5.57 Å². The normalized spacial score (nSPS) is 15.6. The standard InChI is InChI=1S/C21H25NO7/c1-4-27-19(24)16-13-12-15(17(20(25)28-5-2)21(26)29-6-3)22(16)18(23)14-10-8-7-9-11-14/h7-11,16H,4-6,12-13H2,1-3H3/t16-/m0/s1. The van der Waals surface area contributed by atoms with E-state index in [1.54, 1.807) is 51.1 Å². The molecule has 0 bridgehead atoms. The summed E-state index contributed by atoms with van der Waals surface area (Å²) in [6.45, 7) is 5.11. The van der Waals surface area contributed by atoms with Gasteiger partial charge in [0.25, 0.3) is 5.91 Å². The fraction of sp³-hybridized carbons (Fsp3) is 0.429. The Labute approximate surface area is 169 Å². The molecule has 0 radical (unpaired) electrons. The molecule has 1 saturated heterocycles. The zero-order valence-electron chi connectivity index (χ0n) is 16.8. The first-order chi connectivity index (χ1) is 14.0. The van der Waals surface area contributed by atoms with Crippen LogP contribution in [0.2, 0.25) is 0 Å². The van der Waals surface area contributed by atoms with Gasteiger partial charge in [-0.15, -0.1) is 0 Å². The van der Waals surface area contributed by atoms with E-state index in [0.717, 1.165) is 4.90 Å². The number of rotatable bonds is 7. The van der Waals surface area contributed by atoms with Gasteiger partial charge >= 0.3 is 17.9 Å². The lowest BCUT2D eigenvalue weighted by Crippen LogP contribution is -2.42. The van der Waals surface area contributed by atoms with Crippen LogP contribution in [-0.4, -0.2) is 54.6 Å². The van der Waals surface area contributed by atoms with E-state index in [9.17, 15) is 19.2 Å². The Morgan fingerprint density at radius 2 is 1.45 bits per heavy atom. The second kappa shape index (κ2) is 10.4. The molecule has 1 atom stereocenters. The van der Waals surface area contributed by atoms with Crippen molar-refractivity contribution >= 4 is 23.8 Å². The smallest absolute Gasteiger partial charge is 0.347 e. The Bertz CT molecular complexity index is 781. The summed E-state index contributed by atoms with van der Waals surface area (Å²) >= 11 is 0. The summed E-state index contributed by atoms with van der Waals surface area (Å²) in [5.74, 6) is -2.89. The van der Waals surface area contributed by atoms with Crippen LogP contribution >= 0.6 is 0 Å². The Balaban J connectivity index is 2.59. The number of hydrogen-bond donors (Lipinski definition) is 0. The van der Waals surface area contributed by atoms with Gasteiger partial charge in [0, 0.05) is 11.3 Å². The van der Waals surface area contributed by atoms with Gasteiger partial charge in [0.1, 0.15) is 6.04 Å². The van der Waals surface area contributed by atoms with E-state index in [-0.39, 0.29) is 43.9 Å². The summed E-state index contributed by atoms with van der Waals surface area (Å²) in [5.41, 5.74) is 0.0480. The molecule has 1 aromatic carbocycles. The van der Waals surface area contributed by atoms with E-state index >= 15 is 0 Å². The number of allylic oxidation sites excluding steroid dienone is 1. The molecule has 2 rings (SSSR count). The van der Waals surface area contributed by atoms with Crippen LogP contribution in [-0.2, 0) is 28.6 Å². The monoisotopic (exact) mass is 403 g/mol. The van der Waals surface area contributed by atoms with Crippen molar-refractivity contribution < 1.29 is 33.4 Å². The highest BCUT2D eigenvalue weighted by Crippen LogP contribution is 2.33. The quantitative estimate of drug-likeness (QED) is 0.226. The minimum absolute atomic E-state index is 0.0446. The molecule has 1 amide bonds. The third kappa shape index (κ3) is 5.01.